The van der Waals surface area contributed by atoms with Gasteiger partial charge in [-0.25, -0.2) is 14.4 Å². The first-order chi connectivity index (χ1) is 30.5. The SMILES string of the molecule is COc1cc2nc(C)nc(N[C@H](C)c3cccc(C(F)(F)F)c3F)c2cc1OCC1(CN(C)C(=O)CCOCCOCCNc2ccccc2C(=O)N(C)C2CCC(=O)NC2=O)CC1. The summed E-state index contributed by atoms with van der Waals surface area (Å²) >= 11 is 0. The lowest BCUT2D eigenvalue weighted by atomic mass is 10.0. The Hall–Kier alpha value is -6.08. The first-order valence-electron chi connectivity index (χ1n) is 20.9. The van der Waals surface area contributed by atoms with E-state index >= 15 is 4.39 Å². The summed E-state index contributed by atoms with van der Waals surface area (Å²) in [5.41, 5.74) is -0.349. The monoisotopic (exact) mass is 895 g/mol. The van der Waals surface area contributed by atoms with Gasteiger partial charge in [-0.2, -0.15) is 13.2 Å². The van der Waals surface area contributed by atoms with Crippen molar-refractivity contribution in [1.29, 1.82) is 0 Å². The van der Waals surface area contributed by atoms with E-state index < -0.39 is 35.5 Å². The Labute approximate surface area is 368 Å². The fourth-order valence-corrected chi connectivity index (χ4v) is 7.51. The van der Waals surface area contributed by atoms with E-state index in [-0.39, 0.29) is 73.6 Å². The third-order valence-electron chi connectivity index (χ3n) is 11.3. The van der Waals surface area contributed by atoms with Gasteiger partial charge in [-0.3, -0.25) is 24.5 Å². The number of aromatic nitrogens is 2. The van der Waals surface area contributed by atoms with Crippen LogP contribution in [0.15, 0.2) is 54.6 Å². The molecule has 1 saturated heterocycles. The Morgan fingerprint density at radius 1 is 0.984 bits per heavy atom. The summed E-state index contributed by atoms with van der Waals surface area (Å²) in [6.07, 6.45) is -2.58. The highest BCUT2D eigenvalue weighted by molar-refractivity contribution is 6.05. The minimum atomic E-state index is -4.85. The normalized spacial score (nSPS) is 16.2. The third kappa shape index (κ3) is 11.7. The van der Waals surface area contributed by atoms with Crippen molar-refractivity contribution in [3.05, 3.63) is 82.9 Å². The molecule has 1 saturated carbocycles. The maximum absolute atomic E-state index is 15.0. The Kier molecular flexibility index (Phi) is 15.3. The number of piperidine rings is 1. The second kappa shape index (κ2) is 20.6. The summed E-state index contributed by atoms with van der Waals surface area (Å²) < 4.78 is 78.6. The Balaban J connectivity index is 0.931. The number of methoxy groups -OCH3 is 1. The molecule has 1 aromatic heterocycles. The van der Waals surface area contributed by atoms with E-state index in [4.69, 9.17) is 18.9 Å². The first-order valence-corrected chi connectivity index (χ1v) is 20.9. The Bertz CT molecular complexity index is 2340. The topological polar surface area (TPSA) is 174 Å². The molecule has 344 valence electrons. The van der Waals surface area contributed by atoms with Gasteiger partial charge in [-0.05, 0) is 57.4 Å². The van der Waals surface area contributed by atoms with E-state index in [1.165, 1.54) is 18.1 Å². The van der Waals surface area contributed by atoms with Gasteiger partial charge < -0.3 is 39.4 Å². The van der Waals surface area contributed by atoms with Crippen LogP contribution in [-0.4, -0.2) is 117 Å². The van der Waals surface area contributed by atoms with Gasteiger partial charge in [0.2, 0.25) is 17.7 Å². The molecule has 2 heterocycles. The number of carbonyl (C=O) groups excluding carboxylic acids is 4. The maximum atomic E-state index is 15.0. The average molecular weight is 896 g/mol. The molecule has 4 aromatic rings. The standard InChI is InChI=1S/C45H53F4N7O8/c1-27(29-10-8-11-32(40(29)46)45(47,48)49)51-41-31-23-37(36(61-5)24-34(31)52-28(2)53-41)64-26-44(16-17-44)25-55(3)39(58)15-19-62-21-22-63-20-18-50-33-12-7-6-9-30(33)43(60)56(4)35-13-14-38(57)54-42(35)59/h6-12,23-24,27,35,50H,13-22,25-26H2,1-5H3,(H,51,52,53)(H,54,57,59)/t27-,35?/m1/s1. The second-order valence-corrected chi connectivity index (χ2v) is 16.1. The van der Waals surface area contributed by atoms with Crippen molar-refractivity contribution in [3.8, 4) is 11.5 Å². The zero-order valence-corrected chi connectivity index (χ0v) is 36.4. The van der Waals surface area contributed by atoms with Crippen LogP contribution in [0.25, 0.3) is 10.9 Å². The van der Waals surface area contributed by atoms with Crippen LogP contribution >= 0.6 is 0 Å². The molecule has 0 spiro atoms. The molecule has 3 aromatic carbocycles. The molecule has 15 nitrogen and oxygen atoms in total. The fraction of sp³-hybridized carbons (Fsp3) is 0.467. The van der Waals surface area contributed by atoms with Crippen molar-refractivity contribution < 1.29 is 55.7 Å². The van der Waals surface area contributed by atoms with Gasteiger partial charge in [-0.15, -0.1) is 0 Å². The number of alkyl halides is 3. The molecule has 2 fully saturated rings. The largest absolute Gasteiger partial charge is 0.493 e. The van der Waals surface area contributed by atoms with Crippen molar-refractivity contribution in [2.45, 2.75) is 64.2 Å². The van der Waals surface area contributed by atoms with Crippen LogP contribution < -0.4 is 25.4 Å². The Morgan fingerprint density at radius 2 is 1.72 bits per heavy atom. The number of nitrogens with zero attached hydrogens (tertiary/aromatic N) is 4. The van der Waals surface area contributed by atoms with Crippen LogP contribution in [0, 0.1) is 18.2 Å². The maximum Gasteiger partial charge on any atom is 0.419 e. The number of amides is 4. The van der Waals surface area contributed by atoms with Crippen LogP contribution in [0.2, 0.25) is 0 Å². The number of halogens is 4. The predicted molar refractivity (Wildman–Crippen MR) is 229 cm³/mol. The number of hydrogen-bond acceptors (Lipinski definition) is 12. The summed E-state index contributed by atoms with van der Waals surface area (Å²) in [5.74, 6) is -1.20. The van der Waals surface area contributed by atoms with E-state index in [1.807, 2.05) is 0 Å². The lowest BCUT2D eigenvalue weighted by Gasteiger charge is -2.30. The van der Waals surface area contributed by atoms with E-state index in [0.717, 1.165) is 18.9 Å². The van der Waals surface area contributed by atoms with Gasteiger partial charge in [0.25, 0.3) is 5.91 Å². The quantitative estimate of drug-likeness (QED) is 0.0485. The molecule has 19 heteroatoms. The molecule has 0 radical (unpaired) electrons. The molecule has 0 bridgehead atoms. The fourth-order valence-electron chi connectivity index (χ4n) is 7.51. The number of aryl methyl sites for hydroxylation is 1. The number of ether oxygens (including phenoxy) is 4. The second-order valence-electron chi connectivity index (χ2n) is 16.1. The third-order valence-corrected chi connectivity index (χ3v) is 11.3. The van der Waals surface area contributed by atoms with Crippen LogP contribution in [0.1, 0.15) is 72.4 Å². The highest BCUT2D eigenvalue weighted by Crippen LogP contribution is 2.47. The van der Waals surface area contributed by atoms with Crippen molar-refractivity contribution in [3.63, 3.8) is 0 Å². The molecule has 3 N–H and O–H groups in total. The average Bonchev–Trinajstić information content (AvgIpc) is 4.02. The van der Waals surface area contributed by atoms with Crippen LogP contribution in [0.4, 0.5) is 29.1 Å². The van der Waals surface area contributed by atoms with Gasteiger partial charge in [0, 0.05) is 61.7 Å². The zero-order valence-electron chi connectivity index (χ0n) is 36.4. The number of likely N-dealkylation sites (N-methyl/N-ethyl adjacent to an activating group) is 1. The number of rotatable bonds is 21. The van der Waals surface area contributed by atoms with E-state index in [2.05, 4.69) is 25.9 Å². The minimum absolute atomic E-state index is 0.0919. The summed E-state index contributed by atoms with van der Waals surface area (Å²) in [6.45, 7) is 5.43. The molecule has 1 unspecified atom stereocenters. The highest BCUT2D eigenvalue weighted by atomic mass is 19.4. The molecule has 2 atom stereocenters. The van der Waals surface area contributed by atoms with Crippen molar-refractivity contribution >= 4 is 46.0 Å². The molecular formula is C45H53F4N7O8. The number of benzene rings is 3. The molecule has 1 aliphatic heterocycles. The summed E-state index contributed by atoms with van der Waals surface area (Å²) in [4.78, 5) is 62.1. The van der Waals surface area contributed by atoms with Crippen molar-refractivity contribution in [2.24, 2.45) is 5.41 Å². The number of carbonyl (C=O) groups is 4. The molecule has 6 rings (SSSR count). The highest BCUT2D eigenvalue weighted by Gasteiger charge is 2.45. The van der Waals surface area contributed by atoms with Crippen LogP contribution in [-0.2, 0) is 30.0 Å². The van der Waals surface area contributed by atoms with Gasteiger partial charge in [0.1, 0.15) is 23.5 Å². The smallest absolute Gasteiger partial charge is 0.419 e. The van der Waals surface area contributed by atoms with Gasteiger partial charge in [0.15, 0.2) is 11.5 Å². The van der Waals surface area contributed by atoms with Crippen molar-refractivity contribution in [1.82, 2.24) is 25.1 Å². The van der Waals surface area contributed by atoms with E-state index in [1.54, 1.807) is 69.2 Å². The van der Waals surface area contributed by atoms with E-state index in [9.17, 15) is 32.3 Å². The van der Waals surface area contributed by atoms with Crippen LogP contribution in [0.3, 0.4) is 0 Å². The van der Waals surface area contributed by atoms with Gasteiger partial charge in [0.05, 0.1) is 69.3 Å². The number of anilines is 2. The lowest BCUT2D eigenvalue weighted by Crippen LogP contribution is -2.52. The zero-order chi connectivity index (χ0) is 46.2. The number of hydrogen-bond donors (Lipinski definition) is 3. The number of fused-ring (bicyclic) bond motifs is 1. The lowest BCUT2D eigenvalue weighted by molar-refractivity contribution is -0.140. The number of nitrogens with one attached hydrogen (secondary N) is 3. The molecule has 1 aliphatic carbocycles. The first kappa shape index (κ1) is 47.4. The minimum Gasteiger partial charge on any atom is -0.493 e. The summed E-state index contributed by atoms with van der Waals surface area (Å²) in [6, 6.07) is 11.9. The number of imide groups is 1. The van der Waals surface area contributed by atoms with Crippen molar-refractivity contribution in [2.75, 3.05) is 78.0 Å². The number of para-hydroxylation sites is 1. The molecule has 64 heavy (non-hydrogen) atoms. The van der Waals surface area contributed by atoms with Gasteiger partial charge >= 0.3 is 6.18 Å². The predicted octanol–water partition coefficient (Wildman–Crippen LogP) is 6.31. The molecular weight excluding hydrogens is 843 g/mol. The summed E-state index contributed by atoms with van der Waals surface area (Å²) in [7, 11) is 4.77. The Morgan fingerprint density at radius 3 is 2.42 bits per heavy atom. The van der Waals surface area contributed by atoms with Crippen LogP contribution in [0.5, 0.6) is 11.5 Å². The molecule has 4 amide bonds. The summed E-state index contributed by atoms with van der Waals surface area (Å²) in [5, 5.41) is 9.03. The van der Waals surface area contributed by atoms with E-state index in [0.29, 0.717) is 71.8 Å². The molecule has 2 aliphatic rings. The van der Waals surface area contributed by atoms with Gasteiger partial charge in [-0.1, -0.05) is 24.3 Å².